The van der Waals surface area contributed by atoms with Crippen molar-refractivity contribution >= 4 is 45.9 Å². The van der Waals surface area contributed by atoms with Gasteiger partial charge in [-0.15, -0.1) is 0 Å². The number of hydrogen-bond donors (Lipinski definition) is 2. The Morgan fingerprint density at radius 3 is 2.06 bits per heavy atom. The summed E-state index contributed by atoms with van der Waals surface area (Å²) in [6.45, 7) is 2.94. The summed E-state index contributed by atoms with van der Waals surface area (Å²) >= 11 is 12.9. The number of nitrogens with one attached hydrogen (secondary N) is 2. The van der Waals surface area contributed by atoms with Gasteiger partial charge in [-0.1, -0.05) is 43.5 Å². The van der Waals surface area contributed by atoms with Crippen molar-refractivity contribution in [1.82, 2.24) is 15.0 Å². The van der Waals surface area contributed by atoms with E-state index in [9.17, 15) is 13.2 Å². The highest BCUT2D eigenvalue weighted by atomic mass is 35.5. The van der Waals surface area contributed by atoms with Crippen molar-refractivity contribution in [3.8, 4) is 22.8 Å². The van der Waals surface area contributed by atoms with Gasteiger partial charge in [0.1, 0.15) is 23.6 Å². The number of halogens is 5. The summed E-state index contributed by atoms with van der Waals surface area (Å²) in [4.78, 5) is 12.6. The Bertz CT molecular complexity index is 1090. The van der Waals surface area contributed by atoms with E-state index in [1.807, 2.05) is 0 Å². The van der Waals surface area contributed by atoms with Gasteiger partial charge < -0.3 is 20.1 Å². The summed E-state index contributed by atoms with van der Waals surface area (Å²) in [5.74, 6) is 0.654. The minimum Gasteiger partial charge on any atom is -0.495 e. The molecule has 0 bridgehead atoms. The second-order valence-corrected chi connectivity index (χ2v) is 7.45. The van der Waals surface area contributed by atoms with Gasteiger partial charge in [-0.05, 0) is 6.07 Å². The van der Waals surface area contributed by atoms with E-state index in [0.717, 1.165) is 0 Å². The molecule has 0 saturated carbocycles. The lowest BCUT2D eigenvalue weighted by Crippen LogP contribution is -2.22. The van der Waals surface area contributed by atoms with Crippen LogP contribution < -0.4 is 20.1 Å². The highest BCUT2D eigenvalue weighted by Crippen LogP contribution is 2.46. The first-order valence-electron chi connectivity index (χ1n) is 9.86. The van der Waals surface area contributed by atoms with Gasteiger partial charge in [-0.3, -0.25) is 0 Å². The SMILES string of the molecule is CCC.CNc1ncc2cc(-c3c(Cl)c(OC)cc(OC)c3Cl)nc(NCC(F)(F)F)c2n1. The number of aromatic nitrogens is 3. The van der Waals surface area contributed by atoms with Crippen molar-refractivity contribution < 1.29 is 22.6 Å². The van der Waals surface area contributed by atoms with Gasteiger partial charge in [0.2, 0.25) is 5.95 Å². The van der Waals surface area contributed by atoms with Crippen LogP contribution in [0.2, 0.25) is 10.0 Å². The molecule has 12 heteroatoms. The van der Waals surface area contributed by atoms with Gasteiger partial charge in [0.25, 0.3) is 0 Å². The van der Waals surface area contributed by atoms with Crippen LogP contribution in [0.3, 0.4) is 0 Å². The first kappa shape index (κ1) is 26.5. The maximum atomic E-state index is 12.8. The zero-order valence-electron chi connectivity index (χ0n) is 18.7. The van der Waals surface area contributed by atoms with Crippen molar-refractivity contribution in [3.63, 3.8) is 0 Å². The second kappa shape index (κ2) is 11.4. The first-order valence-corrected chi connectivity index (χ1v) is 10.6. The molecular weight excluding hydrogens is 482 g/mol. The highest BCUT2D eigenvalue weighted by molar-refractivity contribution is 6.41. The van der Waals surface area contributed by atoms with E-state index in [4.69, 9.17) is 32.7 Å². The largest absolute Gasteiger partial charge is 0.495 e. The number of benzene rings is 1. The number of nitrogens with zero attached hydrogens (tertiary/aromatic N) is 3. The Labute approximate surface area is 199 Å². The standard InChI is InChI=1S/C18H16Cl2F3N5O2.C3H8/c1-24-17-25-6-8-4-9(27-16(15(8)28-17)26-7-18(21,22)23)12-13(19)10(29-2)5-11(30-3)14(12)20;1-3-2/h4-6H,7H2,1-3H3,(H,26,27)(H,24,25,28);3H2,1-2H3. The minimum atomic E-state index is -4.46. The third-order valence-electron chi connectivity index (χ3n) is 4.08. The smallest absolute Gasteiger partial charge is 0.405 e. The fraction of sp³-hybridized carbons (Fsp3) is 0.381. The number of hydrogen-bond acceptors (Lipinski definition) is 7. The minimum absolute atomic E-state index is 0.104. The van der Waals surface area contributed by atoms with E-state index in [0.29, 0.717) is 5.39 Å². The normalized spacial score (nSPS) is 11.0. The molecule has 2 N–H and O–H groups in total. The quantitative estimate of drug-likeness (QED) is 0.398. The summed E-state index contributed by atoms with van der Waals surface area (Å²) in [5.41, 5.74) is 0.633. The summed E-state index contributed by atoms with van der Waals surface area (Å²) in [6.07, 6.45) is -1.76. The van der Waals surface area contributed by atoms with Crippen LogP contribution in [0.25, 0.3) is 22.2 Å². The first-order chi connectivity index (χ1) is 15.6. The Hall–Kier alpha value is -2.72. The van der Waals surface area contributed by atoms with Crippen LogP contribution in [0.1, 0.15) is 20.3 Å². The molecule has 3 rings (SSSR count). The molecule has 180 valence electrons. The molecule has 0 radical (unpaired) electrons. The van der Waals surface area contributed by atoms with Crippen LogP contribution in [0.15, 0.2) is 18.3 Å². The molecule has 0 unspecified atom stereocenters. The third kappa shape index (κ3) is 6.42. The number of pyridine rings is 1. The molecule has 3 aromatic rings. The zero-order chi connectivity index (χ0) is 24.8. The van der Waals surface area contributed by atoms with Crippen molar-refractivity contribution in [3.05, 3.63) is 28.4 Å². The average Bonchev–Trinajstić information content (AvgIpc) is 2.77. The van der Waals surface area contributed by atoms with Gasteiger partial charge in [-0.25, -0.2) is 15.0 Å². The molecule has 7 nitrogen and oxygen atoms in total. The van der Waals surface area contributed by atoms with E-state index in [1.54, 1.807) is 13.1 Å². The van der Waals surface area contributed by atoms with E-state index >= 15 is 0 Å². The van der Waals surface area contributed by atoms with Crippen LogP contribution >= 0.6 is 23.2 Å². The molecule has 0 amide bonds. The second-order valence-electron chi connectivity index (χ2n) is 6.70. The lowest BCUT2D eigenvalue weighted by molar-refractivity contribution is -0.115. The van der Waals surface area contributed by atoms with Crippen molar-refractivity contribution in [2.24, 2.45) is 0 Å². The number of ether oxygens (including phenoxy) is 2. The number of alkyl halides is 3. The fourth-order valence-electron chi connectivity index (χ4n) is 2.71. The number of rotatable bonds is 6. The van der Waals surface area contributed by atoms with Crippen LogP contribution in [0.5, 0.6) is 11.5 Å². The van der Waals surface area contributed by atoms with Crippen LogP contribution in [-0.2, 0) is 0 Å². The molecule has 2 aromatic heterocycles. The maximum Gasteiger partial charge on any atom is 0.405 e. The van der Waals surface area contributed by atoms with Crippen molar-refractivity contribution in [1.29, 1.82) is 0 Å². The van der Waals surface area contributed by atoms with Crippen LogP contribution in [-0.4, -0.2) is 48.9 Å². The zero-order valence-corrected chi connectivity index (χ0v) is 20.2. The third-order valence-corrected chi connectivity index (χ3v) is 4.83. The van der Waals surface area contributed by atoms with Crippen LogP contribution in [0.4, 0.5) is 24.9 Å². The van der Waals surface area contributed by atoms with Gasteiger partial charge in [-0.2, -0.15) is 13.2 Å². The molecule has 0 spiro atoms. The van der Waals surface area contributed by atoms with Gasteiger partial charge in [0, 0.05) is 30.3 Å². The Kier molecular flexibility index (Phi) is 9.18. The Morgan fingerprint density at radius 2 is 1.58 bits per heavy atom. The molecule has 0 fully saturated rings. The molecule has 0 aliphatic rings. The van der Waals surface area contributed by atoms with E-state index in [2.05, 4.69) is 39.4 Å². The molecule has 2 heterocycles. The predicted molar refractivity (Wildman–Crippen MR) is 126 cm³/mol. The van der Waals surface area contributed by atoms with Crippen LogP contribution in [0, 0.1) is 0 Å². The Morgan fingerprint density at radius 1 is 1.00 bits per heavy atom. The van der Waals surface area contributed by atoms with Crippen molar-refractivity contribution in [2.45, 2.75) is 26.4 Å². The molecule has 33 heavy (non-hydrogen) atoms. The summed E-state index contributed by atoms with van der Waals surface area (Å²) in [6, 6.07) is 3.07. The predicted octanol–water partition coefficient (Wildman–Crippen LogP) is 6.45. The molecule has 0 aliphatic carbocycles. The molecular formula is C21H24Cl2F3N5O2. The summed E-state index contributed by atoms with van der Waals surface area (Å²) in [5, 5.41) is 5.71. The van der Waals surface area contributed by atoms with Gasteiger partial charge >= 0.3 is 6.18 Å². The van der Waals surface area contributed by atoms with E-state index in [-0.39, 0.29) is 50.1 Å². The molecule has 1 aromatic carbocycles. The lowest BCUT2D eigenvalue weighted by atomic mass is 10.1. The molecule has 0 atom stereocenters. The maximum absolute atomic E-state index is 12.8. The van der Waals surface area contributed by atoms with Crippen molar-refractivity contribution in [2.75, 3.05) is 38.4 Å². The fourth-order valence-corrected chi connectivity index (χ4v) is 3.40. The highest BCUT2D eigenvalue weighted by Gasteiger charge is 2.28. The topological polar surface area (TPSA) is 81.2 Å². The van der Waals surface area contributed by atoms with Gasteiger partial charge in [0.05, 0.1) is 30.0 Å². The van der Waals surface area contributed by atoms with Gasteiger partial charge in [0.15, 0.2) is 5.82 Å². The summed E-state index contributed by atoms with van der Waals surface area (Å²) in [7, 11) is 4.42. The number of fused-ring (bicyclic) bond motifs is 1. The molecule has 0 saturated heterocycles. The number of anilines is 2. The lowest BCUT2D eigenvalue weighted by Gasteiger charge is -2.16. The monoisotopic (exact) mass is 505 g/mol. The van der Waals surface area contributed by atoms with E-state index < -0.39 is 12.7 Å². The number of methoxy groups -OCH3 is 2. The summed E-state index contributed by atoms with van der Waals surface area (Å²) < 4.78 is 49.0. The average molecular weight is 506 g/mol. The van der Waals surface area contributed by atoms with E-state index in [1.165, 1.54) is 32.9 Å². The molecule has 0 aliphatic heterocycles. The Balaban J connectivity index is 0.00000122.